The summed E-state index contributed by atoms with van der Waals surface area (Å²) in [6.07, 6.45) is 2.63. The molecule has 2 heterocycles. The van der Waals surface area contributed by atoms with E-state index in [0.717, 1.165) is 6.20 Å². The molecule has 0 fully saturated rings. The number of halogens is 1. The van der Waals surface area contributed by atoms with Crippen molar-refractivity contribution in [3.8, 4) is 0 Å². The maximum atomic E-state index is 13.1. The highest BCUT2D eigenvalue weighted by atomic mass is 19.1. The van der Waals surface area contributed by atoms with Crippen LogP contribution >= 0.6 is 0 Å². The van der Waals surface area contributed by atoms with Crippen molar-refractivity contribution in [3.63, 3.8) is 0 Å². The molecule has 0 aliphatic rings. The summed E-state index contributed by atoms with van der Waals surface area (Å²) < 4.78 is 13.1. The zero-order valence-electron chi connectivity index (χ0n) is 6.97. The predicted molar refractivity (Wildman–Crippen MR) is 46.1 cm³/mol. The second kappa shape index (κ2) is 2.65. The lowest BCUT2D eigenvalue weighted by Crippen LogP contribution is -1.90. The van der Waals surface area contributed by atoms with E-state index in [4.69, 9.17) is 0 Å². The van der Waals surface area contributed by atoms with Crippen molar-refractivity contribution in [2.75, 3.05) is 0 Å². The number of carbonyl (C=O) groups is 1. The van der Waals surface area contributed by atoms with Gasteiger partial charge >= 0.3 is 0 Å². The largest absolute Gasteiger partial charge is 0.350 e. The number of H-pyrrole nitrogens is 1. The van der Waals surface area contributed by atoms with Crippen molar-refractivity contribution in [2.45, 2.75) is 6.92 Å². The number of hydrogen-bond acceptors (Lipinski definition) is 2. The van der Waals surface area contributed by atoms with Gasteiger partial charge in [-0.05, 0) is 6.07 Å². The lowest BCUT2D eigenvalue weighted by molar-refractivity contribution is 0.101. The van der Waals surface area contributed by atoms with Crippen LogP contribution < -0.4 is 0 Å². The van der Waals surface area contributed by atoms with Crippen molar-refractivity contribution in [1.29, 1.82) is 0 Å². The number of carbonyl (C=O) groups excluding carboxylic acids is 1. The van der Waals surface area contributed by atoms with Gasteiger partial charge in [-0.25, -0.2) is 4.39 Å². The molecule has 0 aliphatic carbocycles. The minimum Gasteiger partial charge on any atom is -0.350 e. The predicted octanol–water partition coefficient (Wildman–Crippen LogP) is 1.90. The van der Waals surface area contributed by atoms with Gasteiger partial charge in [0.05, 0.1) is 17.4 Å². The van der Waals surface area contributed by atoms with E-state index in [1.54, 1.807) is 6.07 Å². The van der Waals surface area contributed by atoms with Crippen LogP contribution in [0.15, 0.2) is 18.5 Å². The van der Waals surface area contributed by atoms with Gasteiger partial charge < -0.3 is 4.98 Å². The Kier molecular flexibility index (Phi) is 1.62. The van der Waals surface area contributed by atoms with Crippen molar-refractivity contribution < 1.29 is 9.18 Å². The molecular formula is C9H7FN2O. The Labute approximate surface area is 73.6 Å². The first kappa shape index (κ1) is 7.91. The Hall–Kier alpha value is -1.71. The van der Waals surface area contributed by atoms with Gasteiger partial charge in [0.15, 0.2) is 11.6 Å². The highest BCUT2D eigenvalue weighted by Gasteiger charge is 2.07. The van der Waals surface area contributed by atoms with Gasteiger partial charge in [0, 0.05) is 18.5 Å². The fraction of sp³-hybridized carbons (Fsp3) is 0.111. The van der Waals surface area contributed by atoms with Crippen LogP contribution in [-0.4, -0.2) is 15.8 Å². The quantitative estimate of drug-likeness (QED) is 0.678. The molecule has 2 aromatic rings. The normalized spacial score (nSPS) is 10.6. The van der Waals surface area contributed by atoms with E-state index in [-0.39, 0.29) is 5.78 Å². The van der Waals surface area contributed by atoms with E-state index < -0.39 is 5.82 Å². The lowest BCUT2D eigenvalue weighted by Gasteiger charge is -1.88. The Balaban J connectivity index is 2.75. The smallest absolute Gasteiger partial charge is 0.175 e. The van der Waals surface area contributed by atoms with Crippen LogP contribution in [0.5, 0.6) is 0 Å². The molecule has 66 valence electrons. The molecule has 0 amide bonds. The molecule has 2 aromatic heterocycles. The molecule has 0 spiro atoms. The first-order chi connectivity index (χ1) is 6.18. The summed E-state index contributed by atoms with van der Waals surface area (Å²) in [6.45, 7) is 1.43. The van der Waals surface area contributed by atoms with Crippen molar-refractivity contribution in [3.05, 3.63) is 30.0 Å². The third-order valence-electron chi connectivity index (χ3n) is 1.87. The minimum atomic E-state index is -0.440. The highest BCUT2D eigenvalue weighted by molar-refractivity contribution is 5.97. The van der Waals surface area contributed by atoms with Crippen molar-refractivity contribution in [2.24, 2.45) is 0 Å². The van der Waals surface area contributed by atoms with E-state index in [9.17, 15) is 9.18 Å². The standard InChI is InChI=1S/C9H7FN2O/c1-5(13)8-2-6-3-11-4-7(10)9(6)12-8/h2-4,12H,1H3. The van der Waals surface area contributed by atoms with Gasteiger partial charge in [0.25, 0.3) is 0 Å². The first-order valence-electron chi connectivity index (χ1n) is 3.81. The molecular weight excluding hydrogens is 171 g/mol. The summed E-state index contributed by atoms with van der Waals surface area (Å²) in [5, 5.41) is 0.616. The molecule has 0 atom stereocenters. The van der Waals surface area contributed by atoms with Crippen molar-refractivity contribution >= 4 is 16.7 Å². The molecule has 0 bridgehead atoms. The Morgan fingerprint density at radius 2 is 2.31 bits per heavy atom. The van der Waals surface area contributed by atoms with E-state index >= 15 is 0 Å². The Morgan fingerprint density at radius 3 is 2.92 bits per heavy atom. The molecule has 2 rings (SSSR count). The summed E-state index contributed by atoms with van der Waals surface area (Å²) in [7, 11) is 0. The number of nitrogens with one attached hydrogen (secondary N) is 1. The summed E-state index contributed by atoms with van der Waals surface area (Å²) in [6, 6.07) is 1.59. The first-order valence-corrected chi connectivity index (χ1v) is 3.81. The minimum absolute atomic E-state index is 0.115. The van der Waals surface area contributed by atoms with E-state index in [1.807, 2.05) is 0 Å². The molecule has 3 nitrogen and oxygen atoms in total. The third-order valence-corrected chi connectivity index (χ3v) is 1.87. The molecule has 0 aliphatic heterocycles. The van der Waals surface area contributed by atoms with Crippen LogP contribution in [0.4, 0.5) is 4.39 Å². The number of aromatic nitrogens is 2. The molecule has 13 heavy (non-hydrogen) atoms. The SMILES string of the molecule is CC(=O)c1cc2cncc(F)c2[nH]1. The van der Waals surface area contributed by atoms with Gasteiger partial charge in [-0.2, -0.15) is 0 Å². The van der Waals surface area contributed by atoms with Crippen LogP contribution in [0, 0.1) is 5.82 Å². The average Bonchev–Trinajstić information content (AvgIpc) is 2.49. The van der Waals surface area contributed by atoms with Crippen LogP contribution in [0.3, 0.4) is 0 Å². The van der Waals surface area contributed by atoms with Crippen LogP contribution in [0.1, 0.15) is 17.4 Å². The summed E-state index contributed by atoms with van der Waals surface area (Å²) in [5.74, 6) is -0.555. The second-order valence-corrected chi connectivity index (χ2v) is 2.82. The van der Waals surface area contributed by atoms with Gasteiger partial charge in [-0.1, -0.05) is 0 Å². The lowest BCUT2D eigenvalue weighted by atomic mass is 10.3. The summed E-state index contributed by atoms with van der Waals surface area (Å²) >= 11 is 0. The summed E-state index contributed by atoms with van der Waals surface area (Å²) in [5.41, 5.74) is 0.738. The number of nitrogens with zero attached hydrogens (tertiary/aromatic N) is 1. The Morgan fingerprint density at radius 1 is 1.54 bits per heavy atom. The van der Waals surface area contributed by atoms with E-state index in [2.05, 4.69) is 9.97 Å². The van der Waals surface area contributed by atoms with Gasteiger partial charge in [0.2, 0.25) is 0 Å². The van der Waals surface area contributed by atoms with Gasteiger partial charge in [-0.15, -0.1) is 0 Å². The monoisotopic (exact) mass is 178 g/mol. The highest BCUT2D eigenvalue weighted by Crippen LogP contribution is 2.16. The maximum Gasteiger partial charge on any atom is 0.175 e. The number of aromatic amines is 1. The molecule has 0 radical (unpaired) electrons. The molecule has 0 unspecified atom stereocenters. The fourth-order valence-electron chi connectivity index (χ4n) is 1.21. The molecule has 1 N–H and O–H groups in total. The van der Waals surface area contributed by atoms with E-state index in [0.29, 0.717) is 16.6 Å². The second-order valence-electron chi connectivity index (χ2n) is 2.82. The molecule has 4 heteroatoms. The number of ketones is 1. The van der Waals surface area contributed by atoms with Gasteiger partial charge in [0.1, 0.15) is 0 Å². The van der Waals surface area contributed by atoms with Crippen LogP contribution in [0.2, 0.25) is 0 Å². The number of hydrogen-bond donors (Lipinski definition) is 1. The van der Waals surface area contributed by atoms with Crippen LogP contribution in [-0.2, 0) is 0 Å². The van der Waals surface area contributed by atoms with Crippen molar-refractivity contribution in [1.82, 2.24) is 9.97 Å². The molecule has 0 saturated heterocycles. The topological polar surface area (TPSA) is 45.8 Å². The molecule has 0 aromatic carbocycles. The molecule has 0 saturated carbocycles. The van der Waals surface area contributed by atoms with Gasteiger partial charge in [-0.3, -0.25) is 9.78 Å². The summed E-state index contributed by atoms with van der Waals surface area (Å²) in [4.78, 5) is 17.3. The number of fused-ring (bicyclic) bond motifs is 1. The Bertz CT molecular complexity index is 475. The van der Waals surface area contributed by atoms with E-state index in [1.165, 1.54) is 13.1 Å². The number of Topliss-reactive ketones (excluding diaryl/α,β-unsaturated/α-hetero) is 1. The number of rotatable bonds is 1. The zero-order valence-corrected chi connectivity index (χ0v) is 6.97. The maximum absolute atomic E-state index is 13.1. The van der Waals surface area contributed by atoms with Crippen LogP contribution in [0.25, 0.3) is 10.9 Å². The number of pyridine rings is 1. The fourth-order valence-corrected chi connectivity index (χ4v) is 1.21. The third kappa shape index (κ3) is 1.20. The average molecular weight is 178 g/mol. The zero-order chi connectivity index (χ0) is 9.42.